The van der Waals surface area contributed by atoms with Gasteiger partial charge in [0.1, 0.15) is 42.7 Å². The molecule has 5 aliphatic heterocycles. The number of ether oxygens (including phenoxy) is 12. The second-order valence-corrected chi connectivity index (χ2v) is 23.0. The molecule has 0 bridgehead atoms. The first-order valence-corrected chi connectivity index (χ1v) is 27.9. The van der Waals surface area contributed by atoms with Crippen molar-refractivity contribution in [3.8, 4) is 0 Å². The molecule has 4 fully saturated rings. The third kappa shape index (κ3) is 17.3. The van der Waals surface area contributed by atoms with Crippen LogP contribution in [0.25, 0.3) is 0 Å². The van der Waals surface area contributed by atoms with Gasteiger partial charge in [0, 0.05) is 77.4 Å². The molecule has 5 rings (SSSR count). The van der Waals surface area contributed by atoms with Gasteiger partial charge in [-0.3, -0.25) is 0 Å². The monoisotopic (exact) mass is 1130 g/mol. The molecule has 21 nitrogen and oxygen atoms in total. The minimum Gasteiger partial charge on any atom is -0.456 e. The maximum absolute atomic E-state index is 14.1. The lowest BCUT2D eigenvalue weighted by Gasteiger charge is -2.51. The van der Waals surface area contributed by atoms with E-state index in [1.807, 2.05) is 51.2 Å². The number of rotatable bonds is 15. The quantitative estimate of drug-likeness (QED) is 0.109. The standard InChI is InChI=1S/C58H96O21/c1-29-17-16-18-40(59)43(69-13)25-45(76-55(65)33(5)23-31(3)21-30(2)22-32(4)41(20-19-29)77-56-51(63)50(62)52(71-15)37(9)74-56)53(64)58(67)35(7)48(60)34(6)42(79-58)24-39(28-68-12)75-47-27-57(11,66)54(38(10)73-47)78-46-26-44(70-14)49(61)36(8)72-46/h17,19-23,32,34-54,56,59-64,66-67H,16,18,24-28H2,1-15H3/t32?,34?,35?,36?,37?,38?,39?,40?,41?,42?,43?,44?,45?,46?,47?,48?,49?,50?,51?,52?,53?,54?,56?,57-,58+/m0/s1. The lowest BCUT2D eigenvalue weighted by Crippen LogP contribution is -2.66. The topological polar surface area (TPSA) is 290 Å². The van der Waals surface area contributed by atoms with Gasteiger partial charge in [-0.1, -0.05) is 67.9 Å². The Morgan fingerprint density at radius 1 is 0.747 bits per heavy atom. The van der Waals surface area contributed by atoms with Crippen LogP contribution in [-0.2, 0) is 61.6 Å². The van der Waals surface area contributed by atoms with Gasteiger partial charge in [0.2, 0.25) is 5.79 Å². The van der Waals surface area contributed by atoms with Gasteiger partial charge in [0.25, 0.3) is 0 Å². The first-order chi connectivity index (χ1) is 37.1. The molecule has 79 heavy (non-hydrogen) atoms. The van der Waals surface area contributed by atoms with E-state index in [4.69, 9.17) is 56.8 Å². The third-order valence-corrected chi connectivity index (χ3v) is 16.4. The fourth-order valence-corrected chi connectivity index (χ4v) is 11.6. The van der Waals surface area contributed by atoms with Gasteiger partial charge in [0.05, 0.1) is 73.2 Å². The zero-order chi connectivity index (χ0) is 58.8. The molecule has 454 valence electrons. The number of methoxy groups -OCH3 is 4. The van der Waals surface area contributed by atoms with Crippen molar-refractivity contribution in [3.05, 3.63) is 58.7 Å². The van der Waals surface area contributed by atoms with Crippen LogP contribution in [0, 0.1) is 17.8 Å². The van der Waals surface area contributed by atoms with Gasteiger partial charge in [-0.25, -0.2) is 4.79 Å². The molecule has 4 saturated heterocycles. The predicted octanol–water partition coefficient (Wildman–Crippen LogP) is 3.59. The second-order valence-electron chi connectivity index (χ2n) is 23.0. The van der Waals surface area contributed by atoms with Gasteiger partial charge >= 0.3 is 5.97 Å². The fraction of sp³-hybridized carbons (Fsp3) is 0.810. The van der Waals surface area contributed by atoms with Crippen molar-refractivity contribution >= 4 is 5.97 Å². The van der Waals surface area contributed by atoms with Crippen molar-refractivity contribution in [2.45, 2.75) is 249 Å². The van der Waals surface area contributed by atoms with Crippen LogP contribution in [0.4, 0.5) is 0 Å². The van der Waals surface area contributed by atoms with Crippen molar-refractivity contribution in [2.75, 3.05) is 35.0 Å². The summed E-state index contributed by atoms with van der Waals surface area (Å²) in [6.07, 6.45) is -8.27. The van der Waals surface area contributed by atoms with Crippen molar-refractivity contribution < 1.29 is 102 Å². The zero-order valence-corrected chi connectivity index (χ0v) is 49.1. The first-order valence-electron chi connectivity index (χ1n) is 27.9. The zero-order valence-electron chi connectivity index (χ0n) is 49.1. The van der Waals surface area contributed by atoms with E-state index in [0.29, 0.717) is 12.0 Å². The largest absolute Gasteiger partial charge is 0.456 e. The van der Waals surface area contributed by atoms with Crippen LogP contribution in [0.15, 0.2) is 58.7 Å². The Morgan fingerprint density at radius 3 is 2.05 bits per heavy atom. The van der Waals surface area contributed by atoms with Gasteiger partial charge in [0.15, 0.2) is 18.9 Å². The molecule has 25 atom stereocenters. The van der Waals surface area contributed by atoms with Gasteiger partial charge in [-0.2, -0.15) is 0 Å². The molecule has 0 aromatic carbocycles. The Balaban J connectivity index is 1.37. The minimum atomic E-state index is -2.54. The smallest absolute Gasteiger partial charge is 0.334 e. The van der Waals surface area contributed by atoms with Gasteiger partial charge in [-0.15, -0.1) is 0 Å². The van der Waals surface area contributed by atoms with E-state index in [1.54, 1.807) is 54.5 Å². The molecule has 0 amide bonds. The Hall–Kier alpha value is -2.59. The summed E-state index contributed by atoms with van der Waals surface area (Å²) >= 11 is 0. The summed E-state index contributed by atoms with van der Waals surface area (Å²) in [6.45, 7) is 19.1. The summed E-state index contributed by atoms with van der Waals surface area (Å²) in [5.41, 5.74) is 0.977. The number of aliphatic hydroxyl groups excluding tert-OH is 6. The summed E-state index contributed by atoms with van der Waals surface area (Å²) in [4.78, 5) is 14.1. The molecule has 5 aliphatic rings. The Morgan fingerprint density at radius 2 is 1.42 bits per heavy atom. The predicted molar refractivity (Wildman–Crippen MR) is 288 cm³/mol. The maximum Gasteiger partial charge on any atom is 0.334 e. The van der Waals surface area contributed by atoms with Crippen molar-refractivity contribution in [1.29, 1.82) is 0 Å². The minimum absolute atomic E-state index is 0.00743. The molecular formula is C58H96O21. The number of aliphatic hydroxyl groups is 8. The van der Waals surface area contributed by atoms with Crippen molar-refractivity contribution in [2.24, 2.45) is 17.8 Å². The number of hydrogen-bond acceptors (Lipinski definition) is 21. The lowest BCUT2D eigenvalue weighted by molar-refractivity contribution is -0.366. The average Bonchev–Trinajstić information content (AvgIpc) is 3.46. The summed E-state index contributed by atoms with van der Waals surface area (Å²) in [7, 11) is 5.80. The summed E-state index contributed by atoms with van der Waals surface area (Å²) in [6, 6.07) is 0. The van der Waals surface area contributed by atoms with E-state index in [-0.39, 0.29) is 50.2 Å². The van der Waals surface area contributed by atoms with Crippen LogP contribution in [-0.4, -0.2) is 216 Å². The van der Waals surface area contributed by atoms with E-state index in [2.05, 4.69) is 0 Å². The Kier molecular flexibility index (Phi) is 25.3. The van der Waals surface area contributed by atoms with E-state index < -0.39 is 152 Å². The van der Waals surface area contributed by atoms with Crippen molar-refractivity contribution in [1.82, 2.24) is 0 Å². The second kappa shape index (κ2) is 29.8. The van der Waals surface area contributed by atoms with E-state index in [0.717, 1.165) is 11.1 Å². The Labute approximate surface area is 467 Å². The molecule has 0 aromatic rings. The molecule has 0 aromatic heterocycles. The van der Waals surface area contributed by atoms with Crippen LogP contribution in [0.3, 0.4) is 0 Å². The number of carbonyl (C=O) groups excluding carboxylic acids is 1. The number of carbonyl (C=O) groups is 1. The van der Waals surface area contributed by atoms with E-state index in [1.165, 1.54) is 35.4 Å². The molecule has 0 radical (unpaired) electrons. The van der Waals surface area contributed by atoms with Gasteiger partial charge in [-0.05, 0) is 74.3 Å². The molecule has 21 heteroatoms. The van der Waals surface area contributed by atoms with E-state index in [9.17, 15) is 45.6 Å². The van der Waals surface area contributed by atoms with Crippen LogP contribution < -0.4 is 0 Å². The van der Waals surface area contributed by atoms with Crippen LogP contribution >= 0.6 is 0 Å². The fourth-order valence-electron chi connectivity index (χ4n) is 11.6. The number of hydrogen-bond donors (Lipinski definition) is 8. The summed E-state index contributed by atoms with van der Waals surface area (Å²) in [5, 5.41) is 92.6. The average molecular weight is 1130 g/mol. The highest BCUT2D eigenvalue weighted by atomic mass is 16.7. The third-order valence-electron chi connectivity index (χ3n) is 16.4. The molecule has 0 saturated carbocycles. The molecule has 0 aliphatic carbocycles. The number of esters is 1. The van der Waals surface area contributed by atoms with Crippen LogP contribution in [0.1, 0.15) is 115 Å². The summed E-state index contributed by atoms with van der Waals surface area (Å²) < 4.78 is 72.0. The maximum atomic E-state index is 14.1. The van der Waals surface area contributed by atoms with Crippen molar-refractivity contribution in [3.63, 3.8) is 0 Å². The summed E-state index contributed by atoms with van der Waals surface area (Å²) in [5.74, 6) is -5.45. The highest BCUT2D eigenvalue weighted by Crippen LogP contribution is 2.43. The molecule has 0 spiro atoms. The molecule has 23 unspecified atom stereocenters. The Bertz CT molecular complexity index is 2080. The lowest BCUT2D eigenvalue weighted by atomic mass is 9.76. The highest BCUT2D eigenvalue weighted by Gasteiger charge is 2.57. The van der Waals surface area contributed by atoms with E-state index >= 15 is 0 Å². The first kappa shape index (κ1) is 67.2. The van der Waals surface area contributed by atoms with Crippen LogP contribution in [0.5, 0.6) is 0 Å². The molecule has 8 N–H and O–H groups in total. The van der Waals surface area contributed by atoms with Gasteiger partial charge < -0.3 is 97.7 Å². The normalized spacial score (nSPS) is 43.6. The highest BCUT2D eigenvalue weighted by molar-refractivity contribution is 5.88. The SMILES string of the molecule is COCC(CC1O[C@@](O)(C(O)C2CC(OC)C(O)CCC=C(C)C=CC(OC3OC(C)C(OC)C(O)C3O)C(C)C=C(C)C=C(C)C=C(C)C(=O)O2)C(C)C(O)C1C)OC1C[C@](C)(O)C(OC2CC(OC)C(O)C(C)O2)C(C)O1. The molecular weight excluding hydrogens is 1030 g/mol. The number of cyclic esters (lactones) is 1. The molecule has 5 heterocycles. The van der Waals surface area contributed by atoms with Crippen LogP contribution in [0.2, 0.25) is 0 Å². The number of allylic oxidation sites excluding steroid dienone is 7.